The molecule has 1 aliphatic carbocycles. The van der Waals surface area contributed by atoms with Crippen molar-refractivity contribution in [2.75, 3.05) is 0 Å². The smallest absolute Gasteiger partial charge is 0.0696 e. The highest BCUT2D eigenvalue weighted by Crippen LogP contribution is 2.37. The molecule has 1 aliphatic rings. The summed E-state index contributed by atoms with van der Waals surface area (Å²) in [6.45, 7) is 2.17. The van der Waals surface area contributed by atoms with Gasteiger partial charge in [-0.3, -0.25) is 0 Å². The van der Waals surface area contributed by atoms with Gasteiger partial charge in [0.15, 0.2) is 0 Å². The first-order valence-electron chi connectivity index (χ1n) is 7.80. The summed E-state index contributed by atoms with van der Waals surface area (Å²) in [6, 6.07) is 20.0. The van der Waals surface area contributed by atoms with Crippen LogP contribution in [0.15, 0.2) is 48.5 Å². The Balaban J connectivity index is 1.83. The van der Waals surface area contributed by atoms with E-state index in [0.29, 0.717) is 0 Å². The molecule has 0 fully saturated rings. The van der Waals surface area contributed by atoms with Gasteiger partial charge in [-0.05, 0) is 54.4 Å². The molecule has 2 aromatic rings. The first kappa shape index (κ1) is 13.9. The molecule has 0 aromatic heterocycles. The Kier molecular flexibility index (Phi) is 3.80. The van der Waals surface area contributed by atoms with Crippen molar-refractivity contribution in [1.82, 2.24) is 0 Å². The highest BCUT2D eigenvalue weighted by molar-refractivity contribution is 5.34. The lowest BCUT2D eigenvalue weighted by Gasteiger charge is -2.32. The molecule has 0 spiro atoms. The van der Waals surface area contributed by atoms with E-state index in [1.165, 1.54) is 22.3 Å². The van der Waals surface area contributed by atoms with E-state index in [2.05, 4.69) is 61.5 Å². The van der Waals surface area contributed by atoms with E-state index < -0.39 is 0 Å². The lowest BCUT2D eigenvalue weighted by atomic mass is 9.69. The lowest BCUT2D eigenvalue weighted by molar-refractivity contribution is 0.339. The number of fused-ring (bicyclic) bond motifs is 1. The van der Waals surface area contributed by atoms with Crippen LogP contribution in [0.2, 0.25) is 0 Å². The Hall–Kier alpha value is -2.07. The number of hydrogen-bond acceptors (Lipinski definition) is 1. The van der Waals surface area contributed by atoms with Gasteiger partial charge in [0.2, 0.25) is 0 Å². The second-order valence-corrected chi connectivity index (χ2v) is 6.18. The summed E-state index contributed by atoms with van der Waals surface area (Å²) in [5.41, 5.74) is 5.19. The van der Waals surface area contributed by atoms with Gasteiger partial charge < -0.3 is 0 Å². The van der Waals surface area contributed by atoms with Crippen molar-refractivity contribution in [3.63, 3.8) is 0 Å². The van der Waals surface area contributed by atoms with Gasteiger partial charge in [-0.25, -0.2) is 0 Å². The van der Waals surface area contributed by atoms with Crippen molar-refractivity contribution in [2.45, 2.75) is 39.0 Å². The van der Waals surface area contributed by atoms with Crippen LogP contribution in [0.5, 0.6) is 0 Å². The van der Waals surface area contributed by atoms with Gasteiger partial charge in [0.05, 0.1) is 11.5 Å². The standard InChI is InChI=1S/C20H21N/c1-2-16-7-9-17(10-8-16)13-20(15-21)12-11-18-5-3-4-6-19(18)14-20/h3-10H,2,11-14H2,1H3. The van der Waals surface area contributed by atoms with E-state index in [1.54, 1.807) is 0 Å². The van der Waals surface area contributed by atoms with Gasteiger partial charge in [0.1, 0.15) is 0 Å². The monoisotopic (exact) mass is 275 g/mol. The van der Waals surface area contributed by atoms with Gasteiger partial charge in [0.25, 0.3) is 0 Å². The van der Waals surface area contributed by atoms with Gasteiger partial charge in [-0.2, -0.15) is 5.26 Å². The Labute approximate surface area is 127 Å². The molecule has 0 bridgehead atoms. The van der Waals surface area contributed by atoms with E-state index in [4.69, 9.17) is 0 Å². The molecule has 1 unspecified atom stereocenters. The molecule has 0 saturated carbocycles. The summed E-state index contributed by atoms with van der Waals surface area (Å²) >= 11 is 0. The topological polar surface area (TPSA) is 23.8 Å². The van der Waals surface area contributed by atoms with Gasteiger partial charge in [-0.15, -0.1) is 0 Å². The Morgan fingerprint density at radius 1 is 1.00 bits per heavy atom. The van der Waals surface area contributed by atoms with Crippen LogP contribution in [0.1, 0.15) is 35.6 Å². The summed E-state index contributed by atoms with van der Waals surface area (Å²) < 4.78 is 0. The Morgan fingerprint density at radius 2 is 1.67 bits per heavy atom. The van der Waals surface area contributed by atoms with Crippen LogP contribution in [-0.2, 0) is 25.7 Å². The number of hydrogen-bond donors (Lipinski definition) is 0. The van der Waals surface area contributed by atoms with Crippen LogP contribution in [0, 0.1) is 16.7 Å². The molecule has 2 aromatic carbocycles. The zero-order valence-corrected chi connectivity index (χ0v) is 12.6. The molecule has 0 N–H and O–H groups in total. The maximum absolute atomic E-state index is 9.78. The SMILES string of the molecule is CCc1ccc(CC2(C#N)CCc3ccccc3C2)cc1. The molecule has 0 aliphatic heterocycles. The van der Waals surface area contributed by atoms with Crippen LogP contribution in [0.4, 0.5) is 0 Å². The Bertz CT molecular complexity index is 663. The normalized spacial score (nSPS) is 20.6. The van der Waals surface area contributed by atoms with E-state index in [1.807, 2.05) is 0 Å². The Morgan fingerprint density at radius 3 is 2.33 bits per heavy atom. The van der Waals surface area contributed by atoms with E-state index in [9.17, 15) is 5.26 Å². The van der Waals surface area contributed by atoms with Crippen LogP contribution in [0.25, 0.3) is 0 Å². The van der Waals surface area contributed by atoms with E-state index in [0.717, 1.165) is 32.1 Å². The third-order valence-electron chi connectivity index (χ3n) is 4.73. The third-order valence-corrected chi connectivity index (χ3v) is 4.73. The highest BCUT2D eigenvalue weighted by atomic mass is 14.4. The number of nitriles is 1. The molecule has 0 saturated heterocycles. The molecular weight excluding hydrogens is 254 g/mol. The first-order chi connectivity index (χ1) is 10.2. The molecule has 21 heavy (non-hydrogen) atoms. The largest absolute Gasteiger partial charge is 0.198 e. The predicted molar refractivity (Wildman–Crippen MR) is 86.0 cm³/mol. The number of nitrogens with zero attached hydrogens (tertiary/aromatic N) is 1. The second-order valence-electron chi connectivity index (χ2n) is 6.18. The number of rotatable bonds is 3. The van der Waals surface area contributed by atoms with E-state index in [-0.39, 0.29) is 5.41 Å². The molecule has 106 valence electrons. The number of benzene rings is 2. The van der Waals surface area contributed by atoms with Crippen molar-refractivity contribution < 1.29 is 0 Å². The quantitative estimate of drug-likeness (QED) is 0.809. The summed E-state index contributed by atoms with van der Waals surface area (Å²) in [4.78, 5) is 0. The van der Waals surface area contributed by atoms with Gasteiger partial charge in [-0.1, -0.05) is 55.5 Å². The summed E-state index contributed by atoms with van der Waals surface area (Å²) in [6.07, 6.45) is 4.81. The molecule has 0 amide bonds. The van der Waals surface area contributed by atoms with Crippen molar-refractivity contribution in [2.24, 2.45) is 5.41 Å². The molecule has 1 nitrogen and oxygen atoms in total. The van der Waals surface area contributed by atoms with Gasteiger partial charge >= 0.3 is 0 Å². The van der Waals surface area contributed by atoms with Crippen LogP contribution >= 0.6 is 0 Å². The average molecular weight is 275 g/mol. The molecule has 1 heteroatoms. The van der Waals surface area contributed by atoms with Crippen molar-refractivity contribution in [3.8, 4) is 6.07 Å². The zero-order chi connectivity index (χ0) is 14.7. The fraction of sp³-hybridized carbons (Fsp3) is 0.350. The number of aryl methyl sites for hydroxylation is 2. The van der Waals surface area contributed by atoms with E-state index >= 15 is 0 Å². The summed E-state index contributed by atoms with van der Waals surface area (Å²) in [5.74, 6) is 0. The van der Waals surface area contributed by atoms with Crippen LogP contribution in [0.3, 0.4) is 0 Å². The fourth-order valence-corrected chi connectivity index (χ4v) is 3.37. The minimum atomic E-state index is -0.234. The van der Waals surface area contributed by atoms with Crippen molar-refractivity contribution in [1.29, 1.82) is 5.26 Å². The summed E-state index contributed by atoms with van der Waals surface area (Å²) in [7, 11) is 0. The van der Waals surface area contributed by atoms with Crippen LogP contribution in [-0.4, -0.2) is 0 Å². The minimum Gasteiger partial charge on any atom is -0.198 e. The lowest BCUT2D eigenvalue weighted by Crippen LogP contribution is -2.29. The third kappa shape index (κ3) is 2.85. The van der Waals surface area contributed by atoms with Crippen LogP contribution < -0.4 is 0 Å². The molecule has 0 heterocycles. The summed E-state index contributed by atoms with van der Waals surface area (Å²) in [5, 5.41) is 9.78. The van der Waals surface area contributed by atoms with Crippen molar-refractivity contribution >= 4 is 0 Å². The first-order valence-corrected chi connectivity index (χ1v) is 7.80. The van der Waals surface area contributed by atoms with Crippen molar-refractivity contribution in [3.05, 3.63) is 70.8 Å². The molecule has 1 atom stereocenters. The highest BCUT2D eigenvalue weighted by Gasteiger charge is 2.34. The average Bonchev–Trinajstić information content (AvgIpc) is 2.55. The predicted octanol–water partition coefficient (Wildman–Crippen LogP) is 4.49. The molecular formula is C20H21N. The molecule has 3 rings (SSSR count). The minimum absolute atomic E-state index is 0.234. The zero-order valence-electron chi connectivity index (χ0n) is 12.6. The fourth-order valence-electron chi connectivity index (χ4n) is 3.37. The maximum Gasteiger partial charge on any atom is 0.0696 e. The molecule has 0 radical (unpaired) electrons. The second kappa shape index (κ2) is 5.74. The van der Waals surface area contributed by atoms with Gasteiger partial charge in [0, 0.05) is 0 Å². The maximum atomic E-state index is 9.78.